The third-order valence-corrected chi connectivity index (χ3v) is 2.75. The minimum atomic E-state index is -0.0142. The Labute approximate surface area is 107 Å². The van der Waals surface area contributed by atoms with E-state index in [1.807, 2.05) is 26.0 Å². The van der Waals surface area contributed by atoms with Crippen molar-refractivity contribution in [3.63, 3.8) is 0 Å². The van der Waals surface area contributed by atoms with Gasteiger partial charge in [-0.1, -0.05) is 11.6 Å². The Bertz CT molecular complexity index is 405. The normalized spacial score (nSPS) is 10.1. The maximum absolute atomic E-state index is 10.8. The number of hydrogen-bond donors (Lipinski definition) is 1. The van der Waals surface area contributed by atoms with E-state index in [-0.39, 0.29) is 5.91 Å². The Hall–Kier alpha value is -1.22. The second kappa shape index (κ2) is 6.50. The summed E-state index contributed by atoms with van der Waals surface area (Å²) < 4.78 is 5.41. The van der Waals surface area contributed by atoms with Gasteiger partial charge in [-0.15, -0.1) is 0 Å². The van der Waals surface area contributed by atoms with Crippen LogP contribution in [0.15, 0.2) is 12.1 Å². The van der Waals surface area contributed by atoms with Crippen LogP contribution in [0.2, 0.25) is 5.02 Å². The van der Waals surface area contributed by atoms with Crippen LogP contribution in [0.3, 0.4) is 0 Å². The summed E-state index contributed by atoms with van der Waals surface area (Å²) in [6.45, 7) is 6.68. The minimum Gasteiger partial charge on any atom is -0.492 e. The van der Waals surface area contributed by atoms with Crippen molar-refractivity contribution < 1.29 is 9.53 Å². The number of ether oxygens (including phenoxy) is 1. The van der Waals surface area contributed by atoms with E-state index in [2.05, 4.69) is 5.32 Å². The van der Waals surface area contributed by atoms with E-state index < -0.39 is 0 Å². The fourth-order valence-electron chi connectivity index (χ4n) is 1.60. The summed E-state index contributed by atoms with van der Waals surface area (Å²) in [5.41, 5.74) is 2.26. The van der Waals surface area contributed by atoms with E-state index in [9.17, 15) is 4.79 Å². The van der Waals surface area contributed by atoms with Gasteiger partial charge in [0.2, 0.25) is 5.91 Å². The van der Waals surface area contributed by atoms with Crippen molar-refractivity contribution in [1.82, 2.24) is 5.32 Å². The fourth-order valence-corrected chi connectivity index (χ4v) is 1.85. The molecule has 0 aliphatic heterocycles. The molecule has 0 aliphatic rings. The smallest absolute Gasteiger partial charge is 0.216 e. The average molecular weight is 256 g/mol. The Kier molecular flexibility index (Phi) is 5.29. The second-order valence-electron chi connectivity index (χ2n) is 3.88. The van der Waals surface area contributed by atoms with E-state index in [1.165, 1.54) is 6.92 Å². The van der Waals surface area contributed by atoms with Crippen molar-refractivity contribution in [2.45, 2.75) is 27.2 Å². The van der Waals surface area contributed by atoms with E-state index in [0.29, 0.717) is 18.2 Å². The largest absolute Gasteiger partial charge is 0.492 e. The van der Waals surface area contributed by atoms with Gasteiger partial charge in [-0.2, -0.15) is 0 Å². The molecule has 0 atom stereocenters. The first-order valence-electron chi connectivity index (χ1n) is 5.70. The van der Waals surface area contributed by atoms with Crippen molar-refractivity contribution in [1.29, 1.82) is 0 Å². The van der Waals surface area contributed by atoms with Crippen LogP contribution in [0.4, 0.5) is 0 Å². The summed E-state index contributed by atoms with van der Waals surface area (Å²) in [6.07, 6.45) is 0.775. The molecule has 1 rings (SSSR count). The van der Waals surface area contributed by atoms with Crippen molar-refractivity contribution in [2.24, 2.45) is 0 Å². The van der Waals surface area contributed by atoms with Gasteiger partial charge in [-0.25, -0.2) is 0 Å². The summed E-state index contributed by atoms with van der Waals surface area (Å²) in [5.74, 6) is 0.703. The number of aryl methyl sites for hydroxylation is 1. The molecule has 1 N–H and O–H groups in total. The quantitative estimate of drug-likeness (QED) is 0.879. The number of amides is 1. The fraction of sp³-hybridized carbons (Fsp3) is 0.462. The molecule has 0 heterocycles. The van der Waals surface area contributed by atoms with Crippen LogP contribution in [0.1, 0.15) is 25.0 Å². The molecule has 0 spiro atoms. The molecular weight excluding hydrogens is 238 g/mol. The van der Waals surface area contributed by atoms with E-state index in [4.69, 9.17) is 16.3 Å². The third kappa shape index (κ3) is 4.27. The van der Waals surface area contributed by atoms with Gasteiger partial charge in [0.05, 0.1) is 11.6 Å². The maximum Gasteiger partial charge on any atom is 0.216 e. The van der Waals surface area contributed by atoms with Crippen LogP contribution < -0.4 is 10.1 Å². The number of hydrogen-bond acceptors (Lipinski definition) is 2. The third-order valence-electron chi connectivity index (χ3n) is 2.46. The summed E-state index contributed by atoms with van der Waals surface area (Å²) in [4.78, 5) is 10.8. The Morgan fingerprint density at radius 2 is 2.18 bits per heavy atom. The number of carbonyl (C=O) groups excluding carboxylic acids is 1. The van der Waals surface area contributed by atoms with E-state index in [1.54, 1.807) is 0 Å². The summed E-state index contributed by atoms with van der Waals surface area (Å²) in [7, 11) is 0. The molecule has 0 unspecified atom stereocenters. The van der Waals surface area contributed by atoms with Crippen LogP contribution in [-0.2, 0) is 11.2 Å². The summed E-state index contributed by atoms with van der Waals surface area (Å²) in [6, 6.07) is 3.85. The average Bonchev–Trinajstić information content (AvgIpc) is 2.24. The molecule has 1 aromatic carbocycles. The zero-order valence-corrected chi connectivity index (χ0v) is 11.2. The lowest BCUT2D eigenvalue weighted by atomic mass is 10.1. The number of halogens is 1. The highest BCUT2D eigenvalue weighted by atomic mass is 35.5. The van der Waals surface area contributed by atoms with Crippen molar-refractivity contribution in [3.8, 4) is 5.75 Å². The van der Waals surface area contributed by atoms with Gasteiger partial charge >= 0.3 is 0 Å². The molecule has 94 valence electrons. The van der Waals surface area contributed by atoms with Crippen LogP contribution in [0.5, 0.6) is 5.75 Å². The molecule has 0 fully saturated rings. The number of nitrogens with one attached hydrogen (secondary N) is 1. The van der Waals surface area contributed by atoms with E-state index in [0.717, 1.165) is 23.3 Å². The molecule has 1 amide bonds. The Morgan fingerprint density at radius 1 is 1.47 bits per heavy atom. The highest BCUT2D eigenvalue weighted by Crippen LogP contribution is 2.28. The van der Waals surface area contributed by atoms with Crippen molar-refractivity contribution in [3.05, 3.63) is 28.3 Å². The molecule has 0 radical (unpaired) electrons. The molecule has 3 nitrogen and oxygen atoms in total. The first-order chi connectivity index (χ1) is 8.04. The highest BCUT2D eigenvalue weighted by Gasteiger charge is 2.06. The number of benzene rings is 1. The zero-order valence-electron chi connectivity index (χ0n) is 10.5. The molecule has 0 saturated carbocycles. The zero-order chi connectivity index (χ0) is 12.8. The predicted molar refractivity (Wildman–Crippen MR) is 69.7 cm³/mol. The van der Waals surface area contributed by atoms with Crippen LogP contribution in [0.25, 0.3) is 0 Å². The van der Waals surface area contributed by atoms with E-state index >= 15 is 0 Å². The maximum atomic E-state index is 10.8. The lowest BCUT2D eigenvalue weighted by Gasteiger charge is -2.11. The Morgan fingerprint density at radius 3 is 2.76 bits per heavy atom. The summed E-state index contributed by atoms with van der Waals surface area (Å²) in [5, 5.41) is 3.39. The van der Waals surface area contributed by atoms with Crippen LogP contribution in [-0.4, -0.2) is 19.1 Å². The van der Waals surface area contributed by atoms with Gasteiger partial charge in [-0.3, -0.25) is 4.79 Å². The lowest BCUT2D eigenvalue weighted by molar-refractivity contribution is -0.118. The molecule has 0 aromatic heterocycles. The number of carbonyl (C=O) groups is 1. The van der Waals surface area contributed by atoms with Crippen molar-refractivity contribution in [2.75, 3.05) is 13.2 Å². The molecule has 17 heavy (non-hydrogen) atoms. The Balaban J connectivity index is 2.73. The SMILES string of the molecule is CCOc1cc(C)c(CCNC(C)=O)cc1Cl. The van der Waals surface area contributed by atoms with Crippen LogP contribution in [0, 0.1) is 6.92 Å². The molecule has 0 saturated heterocycles. The predicted octanol–water partition coefficient (Wildman–Crippen LogP) is 2.73. The van der Waals surface area contributed by atoms with Crippen molar-refractivity contribution >= 4 is 17.5 Å². The molecule has 4 heteroatoms. The molecule has 1 aromatic rings. The topological polar surface area (TPSA) is 38.3 Å². The molecule has 0 aliphatic carbocycles. The van der Waals surface area contributed by atoms with Gasteiger partial charge in [0.15, 0.2) is 0 Å². The molecular formula is C13H18ClNO2. The molecule has 0 bridgehead atoms. The number of rotatable bonds is 5. The van der Waals surface area contributed by atoms with Gasteiger partial charge in [-0.05, 0) is 43.5 Å². The first-order valence-corrected chi connectivity index (χ1v) is 6.08. The monoisotopic (exact) mass is 255 g/mol. The van der Waals surface area contributed by atoms with Crippen LogP contribution >= 0.6 is 11.6 Å². The lowest BCUT2D eigenvalue weighted by Crippen LogP contribution is -2.22. The van der Waals surface area contributed by atoms with Gasteiger partial charge in [0.1, 0.15) is 5.75 Å². The highest BCUT2D eigenvalue weighted by molar-refractivity contribution is 6.32. The second-order valence-corrected chi connectivity index (χ2v) is 4.28. The standard InChI is InChI=1S/C13H18ClNO2/c1-4-17-13-7-9(2)11(8-12(13)14)5-6-15-10(3)16/h7-8H,4-6H2,1-3H3,(H,15,16). The summed E-state index contributed by atoms with van der Waals surface area (Å²) >= 11 is 6.11. The van der Waals surface area contributed by atoms with Gasteiger partial charge in [0.25, 0.3) is 0 Å². The first kappa shape index (κ1) is 13.8. The minimum absolute atomic E-state index is 0.0142. The van der Waals surface area contributed by atoms with Gasteiger partial charge < -0.3 is 10.1 Å². The van der Waals surface area contributed by atoms with Gasteiger partial charge in [0, 0.05) is 13.5 Å².